The lowest BCUT2D eigenvalue weighted by Crippen LogP contribution is -2.35. The highest BCUT2D eigenvalue weighted by atomic mass is 14.9. The summed E-state index contributed by atoms with van der Waals surface area (Å²) in [5.41, 5.74) is 4.88. The van der Waals surface area contributed by atoms with Crippen molar-refractivity contribution in [2.75, 3.05) is 6.54 Å². The van der Waals surface area contributed by atoms with Crippen LogP contribution in [0.25, 0.3) is 0 Å². The Morgan fingerprint density at radius 2 is 1.94 bits per heavy atom. The third-order valence-corrected chi connectivity index (χ3v) is 4.45. The summed E-state index contributed by atoms with van der Waals surface area (Å²) < 4.78 is 0. The van der Waals surface area contributed by atoms with Crippen molar-refractivity contribution < 1.29 is 0 Å². The molecule has 0 aromatic heterocycles. The standard InChI is InChI=1S/C16H25N/c1-5-17-14(4)16(8-9-16)11-15-7-6-12(2)13(3)10-15/h6-7,10,14,17H,5,8-9,11H2,1-4H3. The van der Waals surface area contributed by atoms with Gasteiger partial charge in [0.15, 0.2) is 0 Å². The van der Waals surface area contributed by atoms with Crippen LogP contribution >= 0.6 is 0 Å². The lowest BCUT2D eigenvalue weighted by molar-refractivity contribution is 0.355. The number of hydrogen-bond acceptors (Lipinski definition) is 1. The summed E-state index contributed by atoms with van der Waals surface area (Å²) in [6, 6.07) is 7.59. The zero-order valence-electron chi connectivity index (χ0n) is 11.6. The molecule has 0 bridgehead atoms. The van der Waals surface area contributed by atoms with Gasteiger partial charge in [-0.25, -0.2) is 0 Å². The summed E-state index contributed by atoms with van der Waals surface area (Å²) >= 11 is 0. The van der Waals surface area contributed by atoms with E-state index in [0.717, 1.165) is 6.54 Å². The average molecular weight is 231 g/mol. The van der Waals surface area contributed by atoms with Gasteiger partial charge in [-0.05, 0) is 68.7 Å². The van der Waals surface area contributed by atoms with Crippen LogP contribution in [0.2, 0.25) is 0 Å². The molecule has 2 rings (SSSR count). The Balaban J connectivity index is 2.07. The highest BCUT2D eigenvalue weighted by molar-refractivity contribution is 5.31. The molecule has 1 N–H and O–H groups in total. The normalized spacial score (nSPS) is 19.1. The van der Waals surface area contributed by atoms with E-state index in [1.54, 1.807) is 0 Å². The number of hydrogen-bond donors (Lipinski definition) is 1. The Kier molecular flexibility index (Phi) is 3.58. The number of rotatable bonds is 5. The second kappa shape index (κ2) is 4.81. The summed E-state index contributed by atoms with van der Waals surface area (Å²) in [6.45, 7) is 10.0. The van der Waals surface area contributed by atoms with E-state index in [9.17, 15) is 0 Å². The smallest absolute Gasteiger partial charge is 0.00982 e. The molecule has 1 aromatic carbocycles. The van der Waals surface area contributed by atoms with Crippen molar-refractivity contribution in [2.24, 2.45) is 5.41 Å². The first kappa shape index (κ1) is 12.6. The van der Waals surface area contributed by atoms with Crippen LogP contribution in [0, 0.1) is 19.3 Å². The fourth-order valence-corrected chi connectivity index (χ4v) is 2.77. The molecule has 1 saturated carbocycles. The minimum atomic E-state index is 0.539. The van der Waals surface area contributed by atoms with E-state index in [4.69, 9.17) is 0 Å². The third-order valence-electron chi connectivity index (χ3n) is 4.45. The first-order valence-electron chi connectivity index (χ1n) is 6.87. The van der Waals surface area contributed by atoms with Crippen molar-refractivity contribution in [1.29, 1.82) is 0 Å². The molecule has 1 fully saturated rings. The molecule has 0 saturated heterocycles. The van der Waals surface area contributed by atoms with Crippen LogP contribution in [-0.2, 0) is 6.42 Å². The van der Waals surface area contributed by atoms with Gasteiger partial charge < -0.3 is 5.32 Å². The number of benzene rings is 1. The maximum absolute atomic E-state index is 3.59. The first-order chi connectivity index (χ1) is 8.07. The molecule has 0 amide bonds. The zero-order chi connectivity index (χ0) is 12.5. The molecule has 17 heavy (non-hydrogen) atoms. The van der Waals surface area contributed by atoms with Crippen LogP contribution in [0.5, 0.6) is 0 Å². The molecule has 1 atom stereocenters. The van der Waals surface area contributed by atoms with E-state index in [0.29, 0.717) is 11.5 Å². The topological polar surface area (TPSA) is 12.0 Å². The molecule has 0 heterocycles. The van der Waals surface area contributed by atoms with Gasteiger partial charge in [0.05, 0.1) is 0 Å². The van der Waals surface area contributed by atoms with Crippen molar-refractivity contribution >= 4 is 0 Å². The molecular weight excluding hydrogens is 206 g/mol. The second-order valence-electron chi connectivity index (χ2n) is 5.74. The highest BCUT2D eigenvalue weighted by Crippen LogP contribution is 2.51. The first-order valence-corrected chi connectivity index (χ1v) is 6.87. The van der Waals surface area contributed by atoms with Gasteiger partial charge in [0.25, 0.3) is 0 Å². The van der Waals surface area contributed by atoms with Crippen molar-refractivity contribution in [3.63, 3.8) is 0 Å². The lowest BCUT2D eigenvalue weighted by atomic mass is 9.89. The van der Waals surface area contributed by atoms with Crippen molar-refractivity contribution in [2.45, 2.75) is 53.0 Å². The van der Waals surface area contributed by atoms with E-state index >= 15 is 0 Å². The molecule has 0 aliphatic heterocycles. The van der Waals surface area contributed by atoms with Crippen LogP contribution < -0.4 is 5.32 Å². The van der Waals surface area contributed by atoms with Crippen molar-refractivity contribution in [3.8, 4) is 0 Å². The Morgan fingerprint density at radius 3 is 2.47 bits per heavy atom. The maximum Gasteiger partial charge on any atom is 0.00982 e. The van der Waals surface area contributed by atoms with E-state index in [-0.39, 0.29) is 0 Å². The summed E-state index contributed by atoms with van der Waals surface area (Å²) in [6.07, 6.45) is 4.00. The second-order valence-corrected chi connectivity index (χ2v) is 5.74. The molecule has 1 nitrogen and oxygen atoms in total. The van der Waals surface area contributed by atoms with E-state index < -0.39 is 0 Å². The van der Waals surface area contributed by atoms with Crippen LogP contribution in [0.4, 0.5) is 0 Å². The molecule has 0 radical (unpaired) electrons. The molecular formula is C16H25N. The van der Waals surface area contributed by atoms with E-state index in [1.807, 2.05) is 0 Å². The van der Waals surface area contributed by atoms with Gasteiger partial charge in [-0.3, -0.25) is 0 Å². The number of nitrogens with one attached hydrogen (secondary N) is 1. The van der Waals surface area contributed by atoms with Crippen LogP contribution in [0.1, 0.15) is 43.4 Å². The van der Waals surface area contributed by atoms with E-state index in [1.165, 1.54) is 36.0 Å². The van der Waals surface area contributed by atoms with E-state index in [2.05, 4.69) is 51.2 Å². The molecule has 1 unspecified atom stereocenters. The maximum atomic E-state index is 3.59. The lowest BCUT2D eigenvalue weighted by Gasteiger charge is -2.24. The minimum Gasteiger partial charge on any atom is -0.314 e. The van der Waals surface area contributed by atoms with Gasteiger partial charge in [0, 0.05) is 6.04 Å². The third kappa shape index (κ3) is 2.71. The fraction of sp³-hybridized carbons (Fsp3) is 0.625. The molecule has 1 heteroatoms. The van der Waals surface area contributed by atoms with Gasteiger partial charge in [0.1, 0.15) is 0 Å². The summed E-state index contributed by atoms with van der Waals surface area (Å²) in [4.78, 5) is 0. The Bertz CT molecular complexity index is 391. The van der Waals surface area contributed by atoms with Crippen LogP contribution in [0.15, 0.2) is 18.2 Å². The SMILES string of the molecule is CCNC(C)C1(Cc2ccc(C)c(C)c2)CC1. The average Bonchev–Trinajstić information content (AvgIpc) is 3.05. The molecule has 0 spiro atoms. The largest absolute Gasteiger partial charge is 0.314 e. The van der Waals surface area contributed by atoms with Gasteiger partial charge in [-0.2, -0.15) is 0 Å². The Hall–Kier alpha value is -0.820. The predicted octanol–water partition coefficient (Wildman–Crippen LogP) is 3.62. The van der Waals surface area contributed by atoms with Crippen LogP contribution in [0.3, 0.4) is 0 Å². The fourth-order valence-electron chi connectivity index (χ4n) is 2.77. The quantitative estimate of drug-likeness (QED) is 0.816. The molecule has 94 valence electrons. The van der Waals surface area contributed by atoms with Gasteiger partial charge in [-0.1, -0.05) is 25.1 Å². The van der Waals surface area contributed by atoms with Crippen molar-refractivity contribution in [3.05, 3.63) is 34.9 Å². The molecule has 1 aliphatic rings. The molecule has 1 aliphatic carbocycles. The van der Waals surface area contributed by atoms with Crippen molar-refractivity contribution in [1.82, 2.24) is 5.32 Å². The number of aryl methyl sites for hydroxylation is 2. The Morgan fingerprint density at radius 1 is 1.24 bits per heavy atom. The monoisotopic (exact) mass is 231 g/mol. The summed E-state index contributed by atoms with van der Waals surface area (Å²) in [5.74, 6) is 0. The summed E-state index contributed by atoms with van der Waals surface area (Å²) in [5, 5.41) is 3.59. The summed E-state index contributed by atoms with van der Waals surface area (Å²) in [7, 11) is 0. The van der Waals surface area contributed by atoms with Gasteiger partial charge in [-0.15, -0.1) is 0 Å². The van der Waals surface area contributed by atoms with Gasteiger partial charge >= 0.3 is 0 Å². The zero-order valence-corrected chi connectivity index (χ0v) is 11.6. The van der Waals surface area contributed by atoms with Crippen LogP contribution in [-0.4, -0.2) is 12.6 Å². The highest BCUT2D eigenvalue weighted by Gasteiger charge is 2.46. The predicted molar refractivity (Wildman–Crippen MR) is 74.4 cm³/mol. The minimum absolute atomic E-state index is 0.539. The molecule has 1 aromatic rings. The van der Waals surface area contributed by atoms with Gasteiger partial charge in [0.2, 0.25) is 0 Å². The Labute approximate surface area is 106 Å².